The van der Waals surface area contributed by atoms with Gasteiger partial charge in [-0.1, -0.05) is 12.1 Å². The minimum Gasteiger partial charge on any atom is -0.474 e. The van der Waals surface area contributed by atoms with Crippen molar-refractivity contribution < 1.29 is 9.13 Å². The Hall–Kier alpha value is -5.80. The van der Waals surface area contributed by atoms with Gasteiger partial charge in [0.2, 0.25) is 11.7 Å². The summed E-state index contributed by atoms with van der Waals surface area (Å²) in [6.45, 7) is 2.55. The Morgan fingerprint density at radius 2 is 1.71 bits per heavy atom. The van der Waals surface area contributed by atoms with E-state index >= 15 is 0 Å². The summed E-state index contributed by atoms with van der Waals surface area (Å²) >= 11 is 0. The zero-order chi connectivity index (χ0) is 30.8. The van der Waals surface area contributed by atoms with Gasteiger partial charge in [0, 0.05) is 43.8 Å². The van der Waals surface area contributed by atoms with E-state index in [1.165, 1.54) is 17.8 Å². The van der Waals surface area contributed by atoms with Gasteiger partial charge in [0.25, 0.3) is 0 Å². The van der Waals surface area contributed by atoms with Crippen molar-refractivity contribution in [1.82, 2.24) is 39.4 Å². The number of nitrogens with two attached hydrogens (primary N) is 1. The van der Waals surface area contributed by atoms with Gasteiger partial charge >= 0.3 is 0 Å². The Balaban J connectivity index is 1.13. The van der Waals surface area contributed by atoms with Crippen LogP contribution in [0.15, 0.2) is 85.3 Å². The number of rotatable bonds is 7. The number of piperidine rings is 1. The van der Waals surface area contributed by atoms with Gasteiger partial charge in [-0.05, 0) is 66.9 Å². The van der Waals surface area contributed by atoms with Crippen molar-refractivity contribution in [2.75, 3.05) is 18.8 Å². The van der Waals surface area contributed by atoms with E-state index in [1.54, 1.807) is 24.5 Å². The lowest BCUT2D eigenvalue weighted by Gasteiger charge is -2.31. The summed E-state index contributed by atoms with van der Waals surface area (Å²) < 4.78 is 21.5. The smallest absolute Gasteiger partial charge is 0.235 e. The number of imidazole rings is 1. The number of hydrogen-bond donors (Lipinski definition) is 1. The maximum Gasteiger partial charge on any atom is 0.235 e. The van der Waals surface area contributed by atoms with E-state index in [-0.39, 0.29) is 11.9 Å². The zero-order valence-corrected chi connectivity index (χ0v) is 24.1. The van der Waals surface area contributed by atoms with E-state index in [9.17, 15) is 4.39 Å². The first-order valence-electron chi connectivity index (χ1n) is 14.5. The van der Waals surface area contributed by atoms with Gasteiger partial charge in [0.15, 0.2) is 11.5 Å². The molecule has 222 valence electrons. The van der Waals surface area contributed by atoms with Gasteiger partial charge in [0.1, 0.15) is 29.3 Å². The minimum atomic E-state index is -0.408. The third-order valence-corrected chi connectivity index (χ3v) is 7.73. The molecule has 0 aliphatic carbocycles. The second-order valence-electron chi connectivity index (χ2n) is 10.7. The molecule has 12 heteroatoms. The van der Waals surface area contributed by atoms with Crippen LogP contribution < -0.4 is 10.5 Å². The molecule has 1 aromatic carbocycles. The highest BCUT2D eigenvalue weighted by atomic mass is 19.1. The summed E-state index contributed by atoms with van der Waals surface area (Å²) in [7, 11) is 0. The van der Waals surface area contributed by atoms with Crippen LogP contribution in [0.1, 0.15) is 24.2 Å². The molecule has 1 aliphatic rings. The SMILES string of the molecule is N#Cc1nccc(OC2CCN(Cc3ccc(-n4c(-c5cccnc5N)nc5ccc(-c6ccc(F)cn6)nc54)cc3)CC2)n1. The summed E-state index contributed by atoms with van der Waals surface area (Å²) in [5, 5.41) is 9.03. The molecule has 5 aromatic heterocycles. The number of aromatic nitrogens is 7. The van der Waals surface area contributed by atoms with Gasteiger partial charge in [-0.3, -0.25) is 14.5 Å². The minimum absolute atomic E-state index is 0.0421. The van der Waals surface area contributed by atoms with Crippen LogP contribution in [0.25, 0.3) is 39.6 Å². The largest absolute Gasteiger partial charge is 0.474 e. The predicted octanol–water partition coefficient (Wildman–Crippen LogP) is 4.97. The molecule has 0 radical (unpaired) electrons. The molecule has 0 unspecified atom stereocenters. The standard InChI is InChI=1S/C33H27FN10O/c34-22-5-8-26(39-19-22)27-9-10-28-33(40-27)44(32(41-28)25-2-1-14-38-31(25)36)23-6-3-21(4-7-23)20-43-16-12-24(13-17-43)45-30-11-15-37-29(18-35)42-30/h1-11,14-15,19,24H,12-13,16-17,20H2,(H2,36,38). The molecule has 0 amide bonds. The molecule has 7 rings (SSSR count). The zero-order valence-electron chi connectivity index (χ0n) is 24.1. The fraction of sp³-hybridized carbons (Fsp3) is 0.182. The third-order valence-electron chi connectivity index (χ3n) is 7.73. The number of pyridine rings is 3. The first kappa shape index (κ1) is 28.0. The van der Waals surface area contributed by atoms with Crippen LogP contribution in [0.2, 0.25) is 0 Å². The van der Waals surface area contributed by atoms with Crippen LogP contribution in [-0.2, 0) is 6.54 Å². The van der Waals surface area contributed by atoms with Crippen molar-refractivity contribution in [3.8, 4) is 40.4 Å². The Morgan fingerprint density at radius 3 is 2.47 bits per heavy atom. The first-order chi connectivity index (χ1) is 22.0. The van der Waals surface area contributed by atoms with Crippen molar-refractivity contribution in [2.45, 2.75) is 25.5 Å². The van der Waals surface area contributed by atoms with Crippen LogP contribution in [0.4, 0.5) is 10.2 Å². The van der Waals surface area contributed by atoms with Crippen LogP contribution in [0.5, 0.6) is 5.88 Å². The first-order valence-corrected chi connectivity index (χ1v) is 14.5. The molecule has 1 aliphatic heterocycles. The number of benzene rings is 1. The highest BCUT2D eigenvalue weighted by molar-refractivity contribution is 5.84. The maximum absolute atomic E-state index is 13.5. The third kappa shape index (κ3) is 5.89. The average molecular weight is 599 g/mol. The lowest BCUT2D eigenvalue weighted by molar-refractivity contribution is 0.0930. The Morgan fingerprint density at radius 1 is 0.889 bits per heavy atom. The van der Waals surface area contributed by atoms with Crippen LogP contribution in [0, 0.1) is 17.1 Å². The molecule has 1 saturated heterocycles. The van der Waals surface area contributed by atoms with E-state index in [0.717, 1.165) is 38.2 Å². The van der Waals surface area contributed by atoms with Crippen LogP contribution >= 0.6 is 0 Å². The number of nitriles is 1. The van der Waals surface area contributed by atoms with Crippen molar-refractivity contribution in [3.63, 3.8) is 0 Å². The molecule has 6 aromatic rings. The summed E-state index contributed by atoms with van der Waals surface area (Å²) in [6, 6.07) is 22.3. The van der Waals surface area contributed by atoms with E-state index < -0.39 is 5.82 Å². The molecule has 0 spiro atoms. The number of nitrogens with zero attached hydrogens (tertiary/aromatic N) is 9. The number of nitrogen functional groups attached to an aromatic ring is 1. The normalized spacial score (nSPS) is 14.0. The molecule has 0 atom stereocenters. The highest BCUT2D eigenvalue weighted by Crippen LogP contribution is 2.32. The molecular formula is C33H27FN10O. The Bertz CT molecular complexity index is 2010. The number of hydrogen-bond acceptors (Lipinski definition) is 10. The van der Waals surface area contributed by atoms with Gasteiger partial charge in [0.05, 0.1) is 23.1 Å². The Labute approximate surface area is 257 Å². The average Bonchev–Trinajstić information content (AvgIpc) is 3.45. The molecule has 6 heterocycles. The molecule has 2 N–H and O–H groups in total. The topological polar surface area (TPSA) is 145 Å². The summed E-state index contributed by atoms with van der Waals surface area (Å²) in [6.07, 6.45) is 6.12. The second kappa shape index (κ2) is 12.1. The number of likely N-dealkylation sites (tertiary alicyclic amines) is 1. The highest BCUT2D eigenvalue weighted by Gasteiger charge is 2.22. The lowest BCUT2D eigenvalue weighted by Crippen LogP contribution is -2.37. The number of halogens is 1. The summed E-state index contributed by atoms with van der Waals surface area (Å²) in [5.74, 6) is 1.12. The molecule has 0 bridgehead atoms. The van der Waals surface area contributed by atoms with E-state index in [2.05, 4.69) is 49.1 Å². The van der Waals surface area contributed by atoms with Crippen molar-refractivity contribution in [1.29, 1.82) is 5.26 Å². The summed E-state index contributed by atoms with van der Waals surface area (Å²) in [4.78, 5) is 28.7. The quantitative estimate of drug-likeness (QED) is 0.267. The van der Waals surface area contributed by atoms with Crippen LogP contribution in [-0.4, -0.2) is 58.6 Å². The fourth-order valence-corrected chi connectivity index (χ4v) is 5.49. The van der Waals surface area contributed by atoms with Crippen molar-refractivity contribution in [3.05, 3.63) is 103 Å². The lowest BCUT2D eigenvalue weighted by atomic mass is 10.1. The molecule has 11 nitrogen and oxygen atoms in total. The van der Waals surface area contributed by atoms with Crippen molar-refractivity contribution >= 4 is 17.0 Å². The Kier molecular flexibility index (Phi) is 7.51. The monoisotopic (exact) mass is 598 g/mol. The van der Waals surface area contributed by atoms with Gasteiger partial charge in [-0.2, -0.15) is 10.2 Å². The molecular weight excluding hydrogens is 571 g/mol. The van der Waals surface area contributed by atoms with Crippen molar-refractivity contribution in [2.24, 2.45) is 0 Å². The van der Waals surface area contributed by atoms with E-state index in [0.29, 0.717) is 45.6 Å². The van der Waals surface area contributed by atoms with E-state index in [1.807, 2.05) is 34.9 Å². The van der Waals surface area contributed by atoms with Gasteiger partial charge in [-0.25, -0.2) is 24.3 Å². The van der Waals surface area contributed by atoms with E-state index in [4.69, 9.17) is 25.7 Å². The molecule has 45 heavy (non-hydrogen) atoms. The number of fused-ring (bicyclic) bond motifs is 1. The van der Waals surface area contributed by atoms with Gasteiger partial charge in [-0.15, -0.1) is 0 Å². The molecule has 1 fully saturated rings. The van der Waals surface area contributed by atoms with Crippen LogP contribution in [0.3, 0.4) is 0 Å². The number of anilines is 1. The maximum atomic E-state index is 13.5. The second-order valence-corrected chi connectivity index (χ2v) is 10.7. The predicted molar refractivity (Wildman–Crippen MR) is 165 cm³/mol. The molecule has 0 saturated carbocycles. The van der Waals surface area contributed by atoms with Gasteiger partial charge < -0.3 is 10.5 Å². The number of ether oxygens (including phenoxy) is 1. The fourth-order valence-electron chi connectivity index (χ4n) is 5.49. The summed E-state index contributed by atoms with van der Waals surface area (Å²) in [5.41, 5.74) is 11.5.